The highest BCUT2D eigenvalue weighted by Gasteiger charge is 2.29. The van der Waals surface area contributed by atoms with Crippen molar-refractivity contribution in [2.24, 2.45) is 0 Å². The van der Waals surface area contributed by atoms with E-state index in [0.29, 0.717) is 25.0 Å². The van der Waals surface area contributed by atoms with Gasteiger partial charge in [-0.05, 0) is 96.6 Å². The maximum Gasteiger partial charge on any atom is 0.410 e. The monoisotopic (exact) mass is 602 g/mol. The zero-order valence-corrected chi connectivity index (χ0v) is 27.2. The number of methoxy groups -OCH3 is 1. The molecule has 5 rings (SSSR count). The average molecular weight is 603 g/mol. The van der Waals surface area contributed by atoms with Crippen LogP contribution in [0, 0.1) is 13.8 Å². The summed E-state index contributed by atoms with van der Waals surface area (Å²) in [5.41, 5.74) is 5.70. The number of carbonyl (C=O) groups excluding carboxylic acids is 1. The Labute approximate surface area is 258 Å². The third kappa shape index (κ3) is 6.88. The first kappa shape index (κ1) is 30.6. The van der Waals surface area contributed by atoms with E-state index < -0.39 is 5.60 Å². The molecule has 3 heterocycles. The van der Waals surface area contributed by atoms with Gasteiger partial charge >= 0.3 is 6.09 Å². The highest BCUT2D eigenvalue weighted by molar-refractivity contribution is 7.19. The van der Waals surface area contributed by atoms with Crippen LogP contribution in [0.5, 0.6) is 11.5 Å². The highest BCUT2D eigenvalue weighted by atomic mass is 32.1. The van der Waals surface area contributed by atoms with Gasteiger partial charge in [-0.25, -0.2) is 14.8 Å². The Balaban J connectivity index is 1.42. The smallest absolute Gasteiger partial charge is 0.410 e. The first-order valence-electron chi connectivity index (χ1n) is 14.9. The van der Waals surface area contributed by atoms with Gasteiger partial charge in [-0.2, -0.15) is 0 Å². The van der Waals surface area contributed by atoms with Crippen molar-refractivity contribution in [3.63, 3.8) is 0 Å². The quantitative estimate of drug-likeness (QED) is 0.227. The van der Waals surface area contributed by atoms with E-state index in [-0.39, 0.29) is 12.2 Å². The Hall–Kier alpha value is -3.85. The molecule has 2 aromatic carbocycles. The van der Waals surface area contributed by atoms with E-state index in [1.54, 1.807) is 18.4 Å². The Morgan fingerprint density at radius 3 is 2.49 bits per heavy atom. The number of aryl methyl sites for hydroxylation is 2. The maximum absolute atomic E-state index is 12.6. The summed E-state index contributed by atoms with van der Waals surface area (Å²) in [6.07, 6.45) is 3.38. The minimum atomic E-state index is -0.497. The second-order valence-corrected chi connectivity index (χ2v) is 13.6. The summed E-state index contributed by atoms with van der Waals surface area (Å²) in [5.74, 6) is 2.41. The number of hydrogen-bond donors (Lipinski definition) is 1. The molecule has 0 radical (unpaired) electrons. The highest BCUT2D eigenvalue weighted by Crippen LogP contribution is 2.42. The van der Waals surface area contributed by atoms with Crippen molar-refractivity contribution < 1.29 is 19.0 Å². The molecule has 1 aliphatic heterocycles. The molecule has 4 aromatic rings. The van der Waals surface area contributed by atoms with Gasteiger partial charge in [0, 0.05) is 29.1 Å². The second-order valence-electron chi connectivity index (χ2n) is 12.4. The molecule has 1 fully saturated rings. The second kappa shape index (κ2) is 12.4. The fraction of sp³-hybridized carbons (Fsp3) is 0.441. The number of piperidine rings is 1. The van der Waals surface area contributed by atoms with Crippen LogP contribution in [0.15, 0.2) is 42.6 Å². The number of thiophene rings is 1. The van der Waals surface area contributed by atoms with Crippen molar-refractivity contribution in [1.29, 1.82) is 0 Å². The van der Waals surface area contributed by atoms with Crippen LogP contribution in [0.25, 0.3) is 21.3 Å². The van der Waals surface area contributed by atoms with Gasteiger partial charge in [0.2, 0.25) is 5.95 Å². The number of benzene rings is 2. The average Bonchev–Trinajstić information content (AvgIpc) is 3.28. The van der Waals surface area contributed by atoms with Crippen molar-refractivity contribution >= 4 is 39.3 Å². The van der Waals surface area contributed by atoms with E-state index >= 15 is 0 Å². The van der Waals surface area contributed by atoms with E-state index in [4.69, 9.17) is 19.2 Å². The Morgan fingerprint density at radius 1 is 1.09 bits per heavy atom. The molecule has 228 valence electrons. The molecule has 1 aliphatic rings. The molecule has 9 heteroatoms. The first-order valence-corrected chi connectivity index (χ1v) is 15.7. The van der Waals surface area contributed by atoms with Crippen molar-refractivity contribution in [2.75, 3.05) is 25.5 Å². The molecule has 0 unspecified atom stereocenters. The summed E-state index contributed by atoms with van der Waals surface area (Å²) in [6, 6.07) is 12.3. The third-order valence-electron chi connectivity index (χ3n) is 7.55. The molecular weight excluding hydrogens is 560 g/mol. The summed E-state index contributed by atoms with van der Waals surface area (Å²) in [7, 11) is 1.69. The minimum Gasteiger partial charge on any atom is -0.496 e. The van der Waals surface area contributed by atoms with Crippen LogP contribution in [-0.4, -0.2) is 52.9 Å². The van der Waals surface area contributed by atoms with Crippen LogP contribution in [0.3, 0.4) is 0 Å². The van der Waals surface area contributed by atoms with Crippen molar-refractivity contribution in [3.8, 4) is 22.6 Å². The normalized spacial score (nSPS) is 14.3. The lowest BCUT2D eigenvalue weighted by molar-refractivity contribution is 0.0204. The number of para-hydroxylation sites is 1. The molecule has 2 aromatic heterocycles. The lowest BCUT2D eigenvalue weighted by Gasteiger charge is -2.34. The van der Waals surface area contributed by atoms with Crippen LogP contribution in [0.4, 0.5) is 16.4 Å². The van der Waals surface area contributed by atoms with Crippen molar-refractivity contribution in [1.82, 2.24) is 14.9 Å². The van der Waals surface area contributed by atoms with Crippen LogP contribution in [0.2, 0.25) is 0 Å². The molecule has 1 amide bonds. The van der Waals surface area contributed by atoms with Crippen molar-refractivity contribution in [3.05, 3.63) is 58.6 Å². The fourth-order valence-corrected chi connectivity index (χ4v) is 6.64. The molecular formula is C34H42N4O4S. The van der Waals surface area contributed by atoms with E-state index in [1.165, 1.54) is 5.56 Å². The van der Waals surface area contributed by atoms with Gasteiger partial charge in [0.05, 0.1) is 35.3 Å². The van der Waals surface area contributed by atoms with Gasteiger partial charge < -0.3 is 24.4 Å². The summed E-state index contributed by atoms with van der Waals surface area (Å²) in [5, 5.41) is 3.46. The zero-order valence-electron chi connectivity index (χ0n) is 26.4. The number of aromatic nitrogens is 2. The van der Waals surface area contributed by atoms with Crippen LogP contribution in [0.1, 0.15) is 69.4 Å². The molecule has 0 spiro atoms. The van der Waals surface area contributed by atoms with Crippen LogP contribution >= 0.6 is 11.3 Å². The van der Waals surface area contributed by atoms with Gasteiger partial charge in [0.15, 0.2) is 0 Å². The van der Waals surface area contributed by atoms with Gasteiger partial charge in [-0.15, -0.1) is 11.3 Å². The Bertz CT molecular complexity index is 1620. The number of hydrogen-bond acceptors (Lipinski definition) is 8. The van der Waals surface area contributed by atoms with E-state index in [0.717, 1.165) is 61.8 Å². The van der Waals surface area contributed by atoms with Crippen molar-refractivity contribution in [2.45, 2.75) is 78.9 Å². The number of ether oxygens (including phenoxy) is 3. The Morgan fingerprint density at radius 2 is 1.81 bits per heavy atom. The van der Waals surface area contributed by atoms with Gasteiger partial charge in [-0.1, -0.05) is 18.2 Å². The number of fused-ring (bicyclic) bond motifs is 1. The number of rotatable bonds is 7. The lowest BCUT2D eigenvalue weighted by atomic mass is 9.86. The van der Waals surface area contributed by atoms with E-state index in [2.05, 4.69) is 42.3 Å². The predicted octanol–water partition coefficient (Wildman–Crippen LogP) is 8.63. The largest absolute Gasteiger partial charge is 0.496 e. The molecule has 0 aliphatic carbocycles. The summed E-state index contributed by atoms with van der Waals surface area (Å²) in [4.78, 5) is 25.2. The number of nitrogens with one attached hydrogen (secondary N) is 1. The minimum absolute atomic E-state index is 0.00908. The van der Waals surface area contributed by atoms with E-state index in [1.807, 2.05) is 63.9 Å². The molecule has 8 nitrogen and oxygen atoms in total. The SMILES string of the molecule is COc1ccccc1-c1c(C)sc2cnc(Nc3cc(C)c(C4CCN(C(=O)OC(C)(C)C)CC4)cc3OC(C)C)nc12. The molecule has 0 atom stereocenters. The number of anilines is 2. The molecule has 43 heavy (non-hydrogen) atoms. The van der Waals surface area contributed by atoms with Gasteiger partial charge in [0.25, 0.3) is 0 Å². The fourth-order valence-electron chi connectivity index (χ4n) is 5.65. The summed E-state index contributed by atoms with van der Waals surface area (Å²) >= 11 is 1.68. The predicted molar refractivity (Wildman–Crippen MR) is 174 cm³/mol. The molecule has 0 saturated carbocycles. The Kier molecular flexibility index (Phi) is 8.83. The van der Waals surface area contributed by atoms with Crippen LogP contribution < -0.4 is 14.8 Å². The topological polar surface area (TPSA) is 85.8 Å². The van der Waals surface area contributed by atoms with Crippen LogP contribution in [-0.2, 0) is 4.74 Å². The zero-order chi connectivity index (χ0) is 30.9. The molecule has 0 bridgehead atoms. The number of amides is 1. The first-order chi connectivity index (χ1) is 20.4. The maximum atomic E-state index is 12.6. The van der Waals surface area contributed by atoms with Gasteiger partial charge in [-0.3, -0.25) is 0 Å². The van der Waals surface area contributed by atoms with Gasteiger partial charge in [0.1, 0.15) is 17.1 Å². The third-order valence-corrected chi connectivity index (χ3v) is 8.58. The molecule has 1 N–H and O–H groups in total. The number of carbonyl (C=O) groups is 1. The number of likely N-dealkylation sites (tertiary alicyclic amines) is 1. The summed E-state index contributed by atoms with van der Waals surface area (Å²) < 4.78 is 18.6. The molecule has 1 saturated heterocycles. The number of nitrogens with zero attached hydrogens (tertiary/aromatic N) is 3. The summed E-state index contributed by atoms with van der Waals surface area (Å²) in [6.45, 7) is 15.3. The standard InChI is InChI=1S/C34H42N4O4S/c1-20(2)41-28-18-25(23-13-15-38(16-14-23)33(39)42-34(5,6)7)21(3)17-26(28)36-32-35-19-29-31(37-32)30(22(4)43-29)24-11-9-10-12-27(24)40-8/h9-12,17-20,23H,13-16H2,1-8H3,(H,35,36,37). The lowest BCUT2D eigenvalue weighted by Crippen LogP contribution is -2.41. The van der Waals surface area contributed by atoms with E-state index in [9.17, 15) is 4.79 Å².